The van der Waals surface area contributed by atoms with Crippen LogP contribution in [0.5, 0.6) is 0 Å². The minimum Gasteiger partial charge on any atom is -0.299 e. The Kier molecular flexibility index (Phi) is 4.06. The maximum atomic E-state index is 11.2. The maximum absolute atomic E-state index is 11.2. The molecule has 0 aliphatic heterocycles. The predicted molar refractivity (Wildman–Crippen MR) is 51.0 cm³/mol. The van der Waals surface area contributed by atoms with E-state index in [-0.39, 0.29) is 0 Å². The standard InChI is InChI=1S/C11H18O/c1-2-3-4-5-7-10-8-6-9-11(10)12/h4-5,10H,2-3,6-9H2,1H3/b5-4+. The van der Waals surface area contributed by atoms with Crippen molar-refractivity contribution in [1.29, 1.82) is 0 Å². The minimum atomic E-state index is 0.359. The van der Waals surface area contributed by atoms with Gasteiger partial charge in [-0.25, -0.2) is 0 Å². The van der Waals surface area contributed by atoms with Crippen molar-refractivity contribution < 1.29 is 4.79 Å². The van der Waals surface area contributed by atoms with Crippen LogP contribution in [-0.2, 0) is 4.79 Å². The lowest BCUT2D eigenvalue weighted by atomic mass is 10.0. The fourth-order valence-corrected chi connectivity index (χ4v) is 1.68. The summed E-state index contributed by atoms with van der Waals surface area (Å²) in [4.78, 5) is 11.2. The predicted octanol–water partition coefficient (Wildman–Crippen LogP) is 3.10. The lowest BCUT2D eigenvalue weighted by molar-refractivity contribution is -0.120. The van der Waals surface area contributed by atoms with Gasteiger partial charge >= 0.3 is 0 Å². The maximum Gasteiger partial charge on any atom is 0.136 e. The number of rotatable bonds is 4. The highest BCUT2D eigenvalue weighted by Gasteiger charge is 2.22. The summed E-state index contributed by atoms with van der Waals surface area (Å²) in [6.07, 6.45) is 10.8. The number of hydrogen-bond acceptors (Lipinski definition) is 1. The molecule has 1 fully saturated rings. The highest BCUT2D eigenvalue weighted by Crippen LogP contribution is 2.24. The quantitative estimate of drug-likeness (QED) is 0.586. The summed E-state index contributed by atoms with van der Waals surface area (Å²) in [7, 11) is 0. The third kappa shape index (κ3) is 2.80. The van der Waals surface area contributed by atoms with Crippen LogP contribution in [0, 0.1) is 5.92 Å². The Labute approximate surface area is 74.9 Å². The van der Waals surface area contributed by atoms with Gasteiger partial charge in [-0.05, 0) is 25.7 Å². The topological polar surface area (TPSA) is 17.1 Å². The van der Waals surface area contributed by atoms with Crippen molar-refractivity contribution in [3.05, 3.63) is 12.2 Å². The van der Waals surface area contributed by atoms with E-state index in [2.05, 4.69) is 19.1 Å². The molecule has 0 aromatic rings. The highest BCUT2D eigenvalue weighted by atomic mass is 16.1. The number of allylic oxidation sites excluding steroid dienone is 2. The van der Waals surface area contributed by atoms with Gasteiger partial charge in [-0.2, -0.15) is 0 Å². The van der Waals surface area contributed by atoms with Crippen LogP contribution in [0.15, 0.2) is 12.2 Å². The van der Waals surface area contributed by atoms with Gasteiger partial charge in [0.05, 0.1) is 0 Å². The van der Waals surface area contributed by atoms with Gasteiger partial charge in [-0.15, -0.1) is 0 Å². The van der Waals surface area contributed by atoms with E-state index >= 15 is 0 Å². The molecular weight excluding hydrogens is 148 g/mol. The molecule has 1 atom stereocenters. The summed E-state index contributed by atoms with van der Waals surface area (Å²) >= 11 is 0. The van der Waals surface area contributed by atoms with Crippen molar-refractivity contribution in [2.75, 3.05) is 0 Å². The van der Waals surface area contributed by atoms with E-state index in [0.717, 1.165) is 32.1 Å². The molecule has 12 heavy (non-hydrogen) atoms. The van der Waals surface area contributed by atoms with Crippen LogP contribution in [0.4, 0.5) is 0 Å². The number of carbonyl (C=O) groups is 1. The first kappa shape index (κ1) is 9.50. The minimum absolute atomic E-state index is 0.359. The third-order valence-electron chi connectivity index (χ3n) is 2.47. The van der Waals surface area contributed by atoms with Gasteiger partial charge in [-0.1, -0.05) is 25.5 Å². The molecule has 1 saturated carbocycles. The number of carbonyl (C=O) groups excluding carboxylic acids is 1. The van der Waals surface area contributed by atoms with E-state index in [1.54, 1.807) is 0 Å². The van der Waals surface area contributed by atoms with Crippen LogP contribution < -0.4 is 0 Å². The molecule has 1 unspecified atom stereocenters. The largest absolute Gasteiger partial charge is 0.299 e. The van der Waals surface area contributed by atoms with Crippen LogP contribution in [0.25, 0.3) is 0 Å². The number of Topliss-reactive ketones (excluding diaryl/α,β-unsaturated/α-hetero) is 1. The molecule has 1 aliphatic rings. The molecule has 0 amide bonds. The Morgan fingerprint density at radius 3 is 2.92 bits per heavy atom. The summed E-state index contributed by atoms with van der Waals surface area (Å²) in [5.74, 6) is 0.842. The molecule has 0 heterocycles. The van der Waals surface area contributed by atoms with Gasteiger partial charge in [0.25, 0.3) is 0 Å². The van der Waals surface area contributed by atoms with Gasteiger partial charge in [0.1, 0.15) is 5.78 Å². The molecule has 68 valence electrons. The number of hydrogen-bond donors (Lipinski definition) is 0. The summed E-state index contributed by atoms with van der Waals surface area (Å²) in [6.45, 7) is 2.17. The Hall–Kier alpha value is -0.590. The molecule has 0 saturated heterocycles. The summed E-state index contributed by atoms with van der Waals surface area (Å²) in [5, 5.41) is 0. The van der Waals surface area contributed by atoms with Crippen molar-refractivity contribution in [2.45, 2.75) is 45.4 Å². The van der Waals surface area contributed by atoms with Gasteiger partial charge in [0.15, 0.2) is 0 Å². The molecule has 0 aromatic carbocycles. The van der Waals surface area contributed by atoms with Crippen molar-refractivity contribution in [1.82, 2.24) is 0 Å². The van der Waals surface area contributed by atoms with E-state index in [4.69, 9.17) is 0 Å². The van der Waals surface area contributed by atoms with Crippen LogP contribution in [0.1, 0.15) is 45.4 Å². The second kappa shape index (κ2) is 5.13. The van der Waals surface area contributed by atoms with Crippen LogP contribution in [-0.4, -0.2) is 5.78 Å². The molecule has 1 rings (SSSR count). The second-order valence-corrected chi connectivity index (χ2v) is 3.55. The molecule has 0 bridgehead atoms. The first-order valence-electron chi connectivity index (χ1n) is 5.02. The summed E-state index contributed by atoms with van der Waals surface area (Å²) in [6, 6.07) is 0. The zero-order valence-electron chi connectivity index (χ0n) is 7.88. The Morgan fingerprint density at radius 2 is 2.33 bits per heavy atom. The third-order valence-corrected chi connectivity index (χ3v) is 2.47. The molecule has 0 aromatic heterocycles. The van der Waals surface area contributed by atoms with Gasteiger partial charge in [-0.3, -0.25) is 4.79 Å². The lowest BCUT2D eigenvalue weighted by Crippen LogP contribution is -2.03. The highest BCUT2D eigenvalue weighted by molar-refractivity contribution is 5.82. The van der Waals surface area contributed by atoms with E-state index < -0.39 is 0 Å². The lowest BCUT2D eigenvalue weighted by Gasteiger charge is -2.01. The average Bonchev–Trinajstić information content (AvgIpc) is 2.46. The van der Waals surface area contributed by atoms with Gasteiger partial charge in [0, 0.05) is 12.3 Å². The SMILES string of the molecule is CCC/C=C/CC1CCCC1=O. The van der Waals surface area contributed by atoms with Crippen molar-refractivity contribution >= 4 is 5.78 Å². The van der Waals surface area contributed by atoms with Crippen molar-refractivity contribution in [2.24, 2.45) is 5.92 Å². The molecule has 0 N–H and O–H groups in total. The normalized spacial score (nSPS) is 24.1. The average molecular weight is 166 g/mol. The zero-order chi connectivity index (χ0) is 8.81. The molecule has 0 spiro atoms. The van der Waals surface area contributed by atoms with Crippen LogP contribution >= 0.6 is 0 Å². The Bertz CT molecular complexity index is 170. The fourth-order valence-electron chi connectivity index (χ4n) is 1.68. The first-order chi connectivity index (χ1) is 5.84. The number of unbranched alkanes of at least 4 members (excludes halogenated alkanes) is 1. The Balaban J connectivity index is 2.18. The molecule has 1 aliphatic carbocycles. The van der Waals surface area contributed by atoms with Crippen LogP contribution in [0.3, 0.4) is 0 Å². The van der Waals surface area contributed by atoms with Crippen molar-refractivity contribution in [3.63, 3.8) is 0 Å². The smallest absolute Gasteiger partial charge is 0.136 e. The monoisotopic (exact) mass is 166 g/mol. The van der Waals surface area contributed by atoms with Crippen molar-refractivity contribution in [3.8, 4) is 0 Å². The van der Waals surface area contributed by atoms with E-state index in [9.17, 15) is 4.79 Å². The molecule has 1 nitrogen and oxygen atoms in total. The first-order valence-corrected chi connectivity index (χ1v) is 5.02. The fraction of sp³-hybridized carbons (Fsp3) is 0.727. The summed E-state index contributed by atoms with van der Waals surface area (Å²) in [5.41, 5.74) is 0. The van der Waals surface area contributed by atoms with Gasteiger partial charge in [0.2, 0.25) is 0 Å². The van der Waals surface area contributed by atoms with E-state index in [1.165, 1.54) is 6.42 Å². The van der Waals surface area contributed by atoms with Gasteiger partial charge < -0.3 is 0 Å². The molecular formula is C11H18O. The number of ketones is 1. The Morgan fingerprint density at radius 1 is 1.50 bits per heavy atom. The van der Waals surface area contributed by atoms with Crippen LogP contribution in [0.2, 0.25) is 0 Å². The van der Waals surface area contributed by atoms with E-state index in [1.807, 2.05) is 0 Å². The molecule has 0 radical (unpaired) electrons. The summed E-state index contributed by atoms with van der Waals surface area (Å²) < 4.78 is 0. The second-order valence-electron chi connectivity index (χ2n) is 3.55. The zero-order valence-corrected chi connectivity index (χ0v) is 7.88. The molecule has 1 heteroatoms. The van der Waals surface area contributed by atoms with E-state index in [0.29, 0.717) is 11.7 Å².